The normalized spacial score (nSPS) is 19.6. The Morgan fingerprint density at radius 3 is 2.56 bits per heavy atom. The predicted molar refractivity (Wildman–Crippen MR) is 161 cm³/mol. The van der Waals surface area contributed by atoms with Crippen molar-refractivity contribution >= 4 is 45.7 Å². The van der Waals surface area contributed by atoms with Crippen molar-refractivity contribution < 1.29 is 19.4 Å². The van der Waals surface area contributed by atoms with Gasteiger partial charge in [-0.2, -0.15) is 0 Å². The van der Waals surface area contributed by atoms with E-state index in [0.717, 1.165) is 22.4 Å². The van der Waals surface area contributed by atoms with Crippen LogP contribution in [0.1, 0.15) is 60.5 Å². The Morgan fingerprint density at radius 1 is 1.07 bits per heavy atom. The predicted octanol–water partition coefficient (Wildman–Crippen LogP) is 6.90. The summed E-state index contributed by atoms with van der Waals surface area (Å²) in [6.45, 7) is 6.20. The molecule has 2 aliphatic heterocycles. The van der Waals surface area contributed by atoms with Crippen LogP contribution in [0.25, 0.3) is 5.76 Å². The molecule has 2 atom stereocenters. The van der Waals surface area contributed by atoms with Crippen molar-refractivity contribution in [2.75, 3.05) is 4.90 Å². The second-order valence-electron chi connectivity index (χ2n) is 10.6. The highest BCUT2D eigenvalue weighted by molar-refractivity contribution is 8.00. The van der Waals surface area contributed by atoms with Crippen LogP contribution in [-0.4, -0.2) is 33.1 Å². The maximum atomic E-state index is 13.6. The molecule has 0 spiro atoms. The number of ether oxygens (including phenoxy) is 1. The van der Waals surface area contributed by atoms with Crippen molar-refractivity contribution in [1.29, 1.82) is 0 Å². The molecule has 1 fully saturated rings. The third kappa shape index (κ3) is 5.27. The second kappa shape index (κ2) is 11.1. The van der Waals surface area contributed by atoms with Gasteiger partial charge in [0.2, 0.25) is 5.13 Å². The molecule has 6 rings (SSSR count). The number of ketones is 1. The lowest BCUT2D eigenvalue weighted by molar-refractivity contribution is -0.132. The molecule has 1 aromatic heterocycles. The largest absolute Gasteiger partial charge is 0.507 e. The highest BCUT2D eigenvalue weighted by Crippen LogP contribution is 2.44. The quantitative estimate of drug-likeness (QED) is 0.0831. The first kappa shape index (κ1) is 27.2. The Bertz CT molecular complexity index is 1650. The summed E-state index contributed by atoms with van der Waals surface area (Å²) in [5.74, 6) is 0.0881. The van der Waals surface area contributed by atoms with Gasteiger partial charge in [-0.25, -0.2) is 0 Å². The van der Waals surface area contributed by atoms with Gasteiger partial charge >= 0.3 is 5.91 Å². The minimum Gasteiger partial charge on any atom is -0.507 e. The molecule has 0 radical (unpaired) electrons. The average molecular weight is 584 g/mol. The van der Waals surface area contributed by atoms with E-state index in [1.807, 2.05) is 67.6 Å². The Hall–Kier alpha value is -3.95. The molecule has 0 unspecified atom stereocenters. The highest BCUT2D eigenvalue weighted by atomic mass is 32.2. The molecular formula is C32H29N3O4S2. The number of fused-ring (bicyclic) bond motifs is 1. The van der Waals surface area contributed by atoms with E-state index in [1.165, 1.54) is 28.0 Å². The summed E-state index contributed by atoms with van der Waals surface area (Å²) in [6.07, 6.45) is 0.748. The van der Waals surface area contributed by atoms with E-state index >= 15 is 0 Å². The summed E-state index contributed by atoms with van der Waals surface area (Å²) in [7, 11) is 0. The van der Waals surface area contributed by atoms with Gasteiger partial charge in [0.25, 0.3) is 5.78 Å². The van der Waals surface area contributed by atoms with Crippen molar-refractivity contribution in [2.24, 2.45) is 0 Å². The summed E-state index contributed by atoms with van der Waals surface area (Å²) in [5, 5.41) is 20.5. The Labute approximate surface area is 246 Å². The fourth-order valence-corrected chi connectivity index (χ4v) is 7.03. The number of aromatic nitrogens is 2. The van der Waals surface area contributed by atoms with Crippen LogP contribution in [0.2, 0.25) is 0 Å². The van der Waals surface area contributed by atoms with E-state index in [0.29, 0.717) is 38.7 Å². The number of nitrogens with zero attached hydrogens (tertiary/aromatic N) is 3. The van der Waals surface area contributed by atoms with Gasteiger partial charge in [-0.05, 0) is 53.3 Å². The summed E-state index contributed by atoms with van der Waals surface area (Å²) >= 11 is 2.78. The molecule has 208 valence electrons. The van der Waals surface area contributed by atoms with Gasteiger partial charge in [-0.3, -0.25) is 14.5 Å². The number of carbonyl (C=O) groups excluding carboxylic acids is 2. The number of aliphatic hydroxyl groups is 1. The fourth-order valence-electron chi connectivity index (χ4n) is 5.21. The molecule has 3 aromatic carbocycles. The molecule has 7 nitrogen and oxygen atoms in total. The van der Waals surface area contributed by atoms with Crippen molar-refractivity contribution in [1.82, 2.24) is 10.2 Å². The SMILES string of the molecule is CC(C)c1ccc([C@@H]2C(=C(O)c3ccc4c(c3)C[C@H](C)O4)C(=O)C(=O)N2c2nnc(SCc3ccccc3)s2)cc1. The molecular weight excluding hydrogens is 555 g/mol. The Morgan fingerprint density at radius 2 is 1.83 bits per heavy atom. The summed E-state index contributed by atoms with van der Waals surface area (Å²) in [5.41, 5.74) is 4.45. The lowest BCUT2D eigenvalue weighted by Gasteiger charge is -2.23. The average Bonchev–Trinajstić information content (AvgIpc) is 3.67. The van der Waals surface area contributed by atoms with Crippen molar-refractivity contribution in [3.63, 3.8) is 0 Å². The number of amides is 1. The first-order valence-electron chi connectivity index (χ1n) is 13.5. The van der Waals surface area contributed by atoms with Crippen LogP contribution in [0.5, 0.6) is 5.75 Å². The van der Waals surface area contributed by atoms with Crippen molar-refractivity contribution in [2.45, 2.75) is 55.3 Å². The zero-order valence-electron chi connectivity index (χ0n) is 22.9. The number of Topliss-reactive ketones (excluding diaryl/α,β-unsaturated/α-hetero) is 1. The Kier molecular flexibility index (Phi) is 7.40. The first-order chi connectivity index (χ1) is 19.8. The molecule has 1 amide bonds. The van der Waals surface area contributed by atoms with Gasteiger partial charge in [-0.1, -0.05) is 91.5 Å². The van der Waals surface area contributed by atoms with Gasteiger partial charge in [-0.15, -0.1) is 10.2 Å². The first-order valence-corrected chi connectivity index (χ1v) is 15.3. The van der Waals surface area contributed by atoms with E-state index in [9.17, 15) is 14.7 Å². The minimum absolute atomic E-state index is 0.0351. The number of hydrogen-bond donors (Lipinski definition) is 1. The second-order valence-corrected chi connectivity index (χ2v) is 12.7. The van der Waals surface area contributed by atoms with Crippen LogP contribution in [0.3, 0.4) is 0 Å². The standard InChI is InChI=1S/C32H29N3O4S2/c1-18(2)21-9-11-22(12-10-21)27-26(28(36)23-13-14-25-24(16-23)15-19(3)39-25)29(37)30(38)35(27)31-33-34-32(41-31)40-17-20-7-5-4-6-8-20/h4-14,16,18-19,27,36H,15,17H2,1-3H3/t19-,27+/m0/s1. The van der Waals surface area contributed by atoms with Gasteiger partial charge in [0.05, 0.1) is 11.6 Å². The third-order valence-electron chi connectivity index (χ3n) is 7.34. The van der Waals surface area contributed by atoms with E-state index in [2.05, 4.69) is 24.0 Å². The topological polar surface area (TPSA) is 92.6 Å². The number of carbonyl (C=O) groups is 2. The molecule has 2 aliphatic rings. The molecule has 0 bridgehead atoms. The number of aliphatic hydroxyl groups excluding tert-OH is 1. The van der Waals surface area contributed by atoms with Crippen LogP contribution in [0, 0.1) is 0 Å². The van der Waals surface area contributed by atoms with Crippen LogP contribution < -0.4 is 9.64 Å². The number of benzene rings is 3. The number of anilines is 1. The fraction of sp³-hybridized carbons (Fsp3) is 0.250. The molecule has 3 heterocycles. The summed E-state index contributed by atoms with van der Waals surface area (Å²) < 4.78 is 6.50. The van der Waals surface area contributed by atoms with Crippen molar-refractivity contribution in [3.05, 3.63) is 106 Å². The number of hydrogen-bond acceptors (Lipinski definition) is 8. The maximum absolute atomic E-state index is 13.6. The van der Waals surface area contributed by atoms with Crippen molar-refractivity contribution in [3.8, 4) is 5.75 Å². The van der Waals surface area contributed by atoms with Gasteiger partial charge in [0.15, 0.2) is 4.34 Å². The van der Waals surface area contributed by atoms with Crippen LogP contribution in [-0.2, 0) is 21.8 Å². The van der Waals surface area contributed by atoms with E-state index < -0.39 is 17.7 Å². The van der Waals surface area contributed by atoms with E-state index in [-0.39, 0.29) is 17.4 Å². The van der Waals surface area contributed by atoms with Crippen LogP contribution >= 0.6 is 23.1 Å². The maximum Gasteiger partial charge on any atom is 0.301 e. The molecule has 4 aromatic rings. The molecule has 1 saturated heterocycles. The zero-order chi connectivity index (χ0) is 28.7. The zero-order valence-corrected chi connectivity index (χ0v) is 24.5. The van der Waals surface area contributed by atoms with Crippen LogP contribution in [0.4, 0.5) is 5.13 Å². The molecule has 0 aliphatic carbocycles. The van der Waals surface area contributed by atoms with E-state index in [1.54, 1.807) is 12.1 Å². The number of thioether (sulfide) groups is 1. The van der Waals surface area contributed by atoms with E-state index in [4.69, 9.17) is 4.74 Å². The monoisotopic (exact) mass is 583 g/mol. The van der Waals surface area contributed by atoms with Crippen LogP contribution in [0.15, 0.2) is 82.7 Å². The third-order valence-corrected chi connectivity index (χ3v) is 9.47. The van der Waals surface area contributed by atoms with Gasteiger partial charge in [0, 0.05) is 17.7 Å². The minimum atomic E-state index is -0.848. The smallest absolute Gasteiger partial charge is 0.301 e. The lowest BCUT2D eigenvalue weighted by atomic mass is 9.93. The lowest BCUT2D eigenvalue weighted by Crippen LogP contribution is -2.29. The van der Waals surface area contributed by atoms with Gasteiger partial charge in [0.1, 0.15) is 17.6 Å². The molecule has 9 heteroatoms. The summed E-state index contributed by atoms with van der Waals surface area (Å²) in [4.78, 5) is 28.5. The molecule has 41 heavy (non-hydrogen) atoms. The van der Waals surface area contributed by atoms with Gasteiger partial charge < -0.3 is 9.84 Å². The number of rotatable bonds is 7. The highest BCUT2D eigenvalue weighted by Gasteiger charge is 2.48. The Balaban J connectivity index is 1.40. The summed E-state index contributed by atoms with van der Waals surface area (Å²) in [6, 6.07) is 22.4. The molecule has 0 saturated carbocycles. The molecule has 1 N–H and O–H groups in total.